The molecule has 1 atom stereocenters. The van der Waals surface area contributed by atoms with Crippen LogP contribution in [-0.2, 0) is 0 Å². The zero-order valence-corrected chi connectivity index (χ0v) is 14.2. The van der Waals surface area contributed by atoms with Gasteiger partial charge < -0.3 is 5.73 Å². The van der Waals surface area contributed by atoms with Gasteiger partial charge in [0.2, 0.25) is 0 Å². The van der Waals surface area contributed by atoms with Crippen molar-refractivity contribution in [3.05, 3.63) is 34.9 Å². The Hall–Kier alpha value is -0.570. The van der Waals surface area contributed by atoms with Crippen molar-refractivity contribution >= 4 is 11.6 Å². The van der Waals surface area contributed by atoms with Gasteiger partial charge in [-0.25, -0.2) is 0 Å². The largest absolute Gasteiger partial charge is 0.330 e. The number of nitrogens with zero attached hydrogens (tertiary/aromatic N) is 1. The van der Waals surface area contributed by atoms with E-state index in [1.54, 1.807) is 0 Å². The second kappa shape index (κ2) is 7.62. The summed E-state index contributed by atoms with van der Waals surface area (Å²) in [6, 6.07) is 8.49. The third-order valence-corrected chi connectivity index (χ3v) is 5.54. The molecule has 1 unspecified atom stereocenters. The topological polar surface area (TPSA) is 29.3 Å². The van der Waals surface area contributed by atoms with E-state index in [9.17, 15) is 0 Å². The first kappa shape index (κ1) is 16.8. The van der Waals surface area contributed by atoms with Gasteiger partial charge in [0.05, 0.1) is 0 Å². The molecule has 0 heterocycles. The second-order valence-electron chi connectivity index (χ2n) is 6.73. The SMILES string of the molecule is CC(c1ccccc1Cl)N(C)CC1(CN)CCCCCC1. The number of nitrogens with two attached hydrogens (primary N) is 1. The van der Waals surface area contributed by atoms with Gasteiger partial charge in [-0.05, 0) is 50.4 Å². The molecule has 2 nitrogen and oxygen atoms in total. The van der Waals surface area contributed by atoms with Gasteiger partial charge in [-0.15, -0.1) is 0 Å². The summed E-state index contributed by atoms with van der Waals surface area (Å²) >= 11 is 6.35. The Bertz CT molecular complexity index is 439. The summed E-state index contributed by atoms with van der Waals surface area (Å²) < 4.78 is 0. The number of rotatable bonds is 5. The molecule has 0 bridgehead atoms. The van der Waals surface area contributed by atoms with Crippen LogP contribution in [0.1, 0.15) is 57.1 Å². The molecule has 0 aromatic heterocycles. The third-order valence-electron chi connectivity index (χ3n) is 5.20. The highest BCUT2D eigenvalue weighted by atomic mass is 35.5. The normalized spacial score (nSPS) is 20.2. The lowest BCUT2D eigenvalue weighted by atomic mass is 9.79. The Balaban J connectivity index is 2.08. The van der Waals surface area contributed by atoms with Crippen LogP contribution in [0.2, 0.25) is 5.02 Å². The van der Waals surface area contributed by atoms with Gasteiger partial charge in [-0.2, -0.15) is 0 Å². The predicted molar refractivity (Wildman–Crippen MR) is 91.7 cm³/mol. The minimum Gasteiger partial charge on any atom is -0.330 e. The number of hydrogen-bond acceptors (Lipinski definition) is 2. The Labute approximate surface area is 134 Å². The Morgan fingerprint density at radius 3 is 2.38 bits per heavy atom. The molecule has 3 heteroatoms. The molecule has 0 spiro atoms. The number of benzene rings is 1. The minimum atomic E-state index is 0.292. The standard InChI is InChI=1S/C18H29ClN2/c1-15(16-9-5-6-10-17(16)19)21(2)14-18(13-20)11-7-3-4-8-12-18/h5-6,9-10,15H,3-4,7-8,11-14,20H2,1-2H3. The van der Waals surface area contributed by atoms with Gasteiger partial charge in [-0.1, -0.05) is 55.5 Å². The van der Waals surface area contributed by atoms with Gasteiger partial charge in [0.15, 0.2) is 0 Å². The van der Waals surface area contributed by atoms with Crippen molar-refractivity contribution in [3.8, 4) is 0 Å². The quantitative estimate of drug-likeness (QED) is 0.803. The second-order valence-corrected chi connectivity index (χ2v) is 7.14. The van der Waals surface area contributed by atoms with Crippen molar-refractivity contribution < 1.29 is 0 Å². The van der Waals surface area contributed by atoms with Crippen molar-refractivity contribution in [1.29, 1.82) is 0 Å². The molecule has 0 saturated heterocycles. The van der Waals surface area contributed by atoms with E-state index < -0.39 is 0 Å². The summed E-state index contributed by atoms with van der Waals surface area (Å²) in [5.74, 6) is 0. The van der Waals surface area contributed by atoms with Gasteiger partial charge >= 0.3 is 0 Å². The molecule has 0 amide bonds. The summed E-state index contributed by atoms with van der Waals surface area (Å²) in [4.78, 5) is 2.43. The highest BCUT2D eigenvalue weighted by Gasteiger charge is 2.32. The van der Waals surface area contributed by atoms with E-state index in [2.05, 4.69) is 31.0 Å². The van der Waals surface area contributed by atoms with Crippen LogP contribution in [0.15, 0.2) is 24.3 Å². The first-order chi connectivity index (χ1) is 10.1. The number of halogens is 1. The van der Waals surface area contributed by atoms with Crippen LogP contribution >= 0.6 is 11.6 Å². The average molecular weight is 309 g/mol. The van der Waals surface area contributed by atoms with Crippen LogP contribution in [0.25, 0.3) is 0 Å². The van der Waals surface area contributed by atoms with Crippen LogP contribution in [0.3, 0.4) is 0 Å². The molecule has 1 aromatic rings. The molecule has 1 aliphatic rings. The van der Waals surface area contributed by atoms with E-state index >= 15 is 0 Å². The molecule has 21 heavy (non-hydrogen) atoms. The van der Waals surface area contributed by atoms with E-state index in [1.165, 1.54) is 44.1 Å². The molecule has 2 N–H and O–H groups in total. The Morgan fingerprint density at radius 2 is 1.81 bits per heavy atom. The van der Waals surface area contributed by atoms with E-state index in [4.69, 9.17) is 17.3 Å². The fraction of sp³-hybridized carbons (Fsp3) is 0.667. The highest BCUT2D eigenvalue weighted by molar-refractivity contribution is 6.31. The zero-order valence-electron chi connectivity index (χ0n) is 13.4. The van der Waals surface area contributed by atoms with E-state index in [0.717, 1.165) is 18.1 Å². The van der Waals surface area contributed by atoms with Crippen LogP contribution in [0, 0.1) is 5.41 Å². The van der Waals surface area contributed by atoms with Crippen LogP contribution < -0.4 is 5.73 Å². The molecular weight excluding hydrogens is 280 g/mol. The third kappa shape index (κ3) is 4.21. The summed E-state index contributed by atoms with van der Waals surface area (Å²) in [5.41, 5.74) is 7.68. The smallest absolute Gasteiger partial charge is 0.0453 e. The lowest BCUT2D eigenvalue weighted by molar-refractivity contribution is 0.129. The molecule has 0 radical (unpaired) electrons. The summed E-state index contributed by atoms with van der Waals surface area (Å²) in [5, 5.41) is 0.861. The summed E-state index contributed by atoms with van der Waals surface area (Å²) in [6.45, 7) is 4.10. The Morgan fingerprint density at radius 1 is 1.19 bits per heavy atom. The maximum Gasteiger partial charge on any atom is 0.0453 e. The monoisotopic (exact) mass is 308 g/mol. The molecule has 1 fully saturated rings. The lowest BCUT2D eigenvalue weighted by Crippen LogP contribution is -2.41. The summed E-state index contributed by atoms with van der Waals surface area (Å²) in [6.07, 6.45) is 7.92. The first-order valence-electron chi connectivity index (χ1n) is 8.23. The predicted octanol–water partition coefficient (Wildman–Crippen LogP) is 4.63. The van der Waals surface area contributed by atoms with Crippen molar-refractivity contribution in [2.45, 2.75) is 51.5 Å². The molecular formula is C18H29ClN2. The fourth-order valence-electron chi connectivity index (χ4n) is 3.62. The molecule has 2 rings (SSSR count). The van der Waals surface area contributed by atoms with Gasteiger partial charge in [0, 0.05) is 17.6 Å². The van der Waals surface area contributed by atoms with Crippen molar-refractivity contribution in [1.82, 2.24) is 4.90 Å². The highest BCUT2D eigenvalue weighted by Crippen LogP contribution is 2.37. The average Bonchev–Trinajstić information content (AvgIpc) is 2.73. The van der Waals surface area contributed by atoms with Crippen molar-refractivity contribution in [3.63, 3.8) is 0 Å². The van der Waals surface area contributed by atoms with E-state index in [0.29, 0.717) is 11.5 Å². The van der Waals surface area contributed by atoms with Gasteiger partial charge in [0.25, 0.3) is 0 Å². The Kier molecular flexibility index (Phi) is 6.09. The van der Waals surface area contributed by atoms with Crippen molar-refractivity contribution in [2.75, 3.05) is 20.1 Å². The fourth-order valence-corrected chi connectivity index (χ4v) is 3.92. The maximum atomic E-state index is 6.35. The lowest BCUT2D eigenvalue weighted by Gasteiger charge is -2.38. The molecule has 118 valence electrons. The van der Waals surface area contributed by atoms with E-state index in [-0.39, 0.29) is 0 Å². The molecule has 0 aliphatic heterocycles. The maximum absolute atomic E-state index is 6.35. The molecule has 1 aromatic carbocycles. The van der Waals surface area contributed by atoms with Gasteiger partial charge in [0.1, 0.15) is 0 Å². The van der Waals surface area contributed by atoms with Crippen LogP contribution in [-0.4, -0.2) is 25.0 Å². The molecule has 1 saturated carbocycles. The first-order valence-corrected chi connectivity index (χ1v) is 8.60. The van der Waals surface area contributed by atoms with Crippen LogP contribution in [0.4, 0.5) is 0 Å². The minimum absolute atomic E-state index is 0.292. The van der Waals surface area contributed by atoms with E-state index in [1.807, 2.05) is 12.1 Å². The zero-order chi connectivity index (χ0) is 15.3. The number of hydrogen-bond donors (Lipinski definition) is 1. The van der Waals surface area contributed by atoms with Gasteiger partial charge in [-0.3, -0.25) is 4.90 Å². The molecule has 1 aliphatic carbocycles. The summed E-state index contributed by atoms with van der Waals surface area (Å²) in [7, 11) is 2.20. The van der Waals surface area contributed by atoms with Crippen molar-refractivity contribution in [2.24, 2.45) is 11.1 Å². The van der Waals surface area contributed by atoms with Crippen LogP contribution in [0.5, 0.6) is 0 Å².